The maximum Gasteiger partial charge on any atom is 0.470 e. The van der Waals surface area contributed by atoms with E-state index in [1.807, 2.05) is 0 Å². The van der Waals surface area contributed by atoms with E-state index in [1.54, 1.807) is 0 Å². The van der Waals surface area contributed by atoms with Crippen LogP contribution in [0.5, 0.6) is 0 Å². The Bertz CT molecular complexity index is 1740. The summed E-state index contributed by atoms with van der Waals surface area (Å²) >= 11 is 0. The standard InChI is InChI=1S/C13H32O35P8/c14-49(15,16)39-2-1-12(48-56(35,36)37)4-38-13(5-41-51(20,21)22,11(12)47-55(32,33)34)43-10-9(46-54(29,30)31)8(45-53(26,27)28)7(44-52(23,24)25)6(42-10)3-40-50(17,18)19/h6-11H,1-5H2,(H2,14,15,16)(H2,17,18,19)(H2,20,21,22)(H2,23,24,25)(H2,26,27,28)(H2,29,30,31)(H2,32,33,34)(H2,35,36,37)/t6?,7-,8?,9+,10+,11?,12?,13?/m1/s1. The molecule has 2 aliphatic rings. The van der Waals surface area contributed by atoms with Crippen molar-refractivity contribution in [2.24, 2.45) is 0 Å². The Morgan fingerprint density at radius 3 is 1.39 bits per heavy atom. The lowest BCUT2D eigenvalue weighted by molar-refractivity contribution is -0.373. The monoisotopic (exact) mass is 996 g/mol. The minimum atomic E-state index is -6.26. The second-order valence-corrected chi connectivity index (χ2v) is 20.3. The SMILES string of the molecule is O=P(O)(O)OCCC1(OP(=O)(O)O)COC(COP(=O)(O)O)(O[C@@H]2OC(COP(=O)(O)O)[C@@H](OP(=O)(O)O)C(OP(=O)(O)O)[C@@H]2OP(=O)(O)O)C1OP(=O)(O)O. The molecule has 2 saturated heterocycles. The maximum absolute atomic E-state index is 12.2. The predicted octanol–water partition coefficient (Wildman–Crippen LogP) is -4.07. The van der Waals surface area contributed by atoms with Crippen LogP contribution in [0.2, 0.25) is 0 Å². The highest BCUT2D eigenvalue weighted by atomic mass is 31.2. The summed E-state index contributed by atoms with van der Waals surface area (Å²) in [6.07, 6.45) is -20.0. The molecule has 35 nitrogen and oxygen atoms in total. The first-order valence-electron chi connectivity index (χ1n) is 13.4. The van der Waals surface area contributed by atoms with Crippen molar-refractivity contribution in [2.45, 2.75) is 54.6 Å². The van der Waals surface area contributed by atoms with Crippen LogP contribution in [0.4, 0.5) is 0 Å². The number of phosphoric ester groups is 8. The van der Waals surface area contributed by atoms with Gasteiger partial charge in [-0.2, -0.15) is 0 Å². The summed E-state index contributed by atoms with van der Waals surface area (Å²) in [6.45, 7) is -6.99. The lowest BCUT2D eigenvalue weighted by Gasteiger charge is -2.48. The molecular weight excluding hydrogens is 964 g/mol. The summed E-state index contributed by atoms with van der Waals surface area (Å²) in [5.74, 6) is -3.82. The third kappa shape index (κ3) is 18.8. The van der Waals surface area contributed by atoms with Crippen LogP contribution in [0.15, 0.2) is 0 Å². The van der Waals surface area contributed by atoms with E-state index in [9.17, 15) is 105 Å². The van der Waals surface area contributed by atoms with Crippen LogP contribution in [0.25, 0.3) is 0 Å². The zero-order valence-electron chi connectivity index (χ0n) is 26.5. The molecule has 0 aromatic heterocycles. The molecule has 43 heteroatoms. The van der Waals surface area contributed by atoms with E-state index in [-0.39, 0.29) is 0 Å². The summed E-state index contributed by atoms with van der Waals surface area (Å²) < 4.78 is 145. The zero-order chi connectivity index (χ0) is 43.8. The number of hydrogen-bond donors (Lipinski definition) is 16. The molecule has 2 heterocycles. The van der Waals surface area contributed by atoms with E-state index in [0.29, 0.717) is 0 Å². The molecular formula is C13H32O35P8. The largest absolute Gasteiger partial charge is 0.470 e. The van der Waals surface area contributed by atoms with Gasteiger partial charge in [0.1, 0.15) is 36.6 Å². The molecule has 0 radical (unpaired) electrons. The molecule has 0 saturated carbocycles. The molecule has 0 spiro atoms. The second kappa shape index (κ2) is 18.6. The average Bonchev–Trinajstić information content (AvgIpc) is 3.16. The predicted molar refractivity (Wildman–Crippen MR) is 161 cm³/mol. The van der Waals surface area contributed by atoms with Gasteiger partial charge in [0.05, 0.1) is 19.8 Å². The first-order chi connectivity index (χ1) is 24.6. The molecule has 2 aliphatic heterocycles. The molecule has 56 heavy (non-hydrogen) atoms. The molecule has 8 atom stereocenters. The van der Waals surface area contributed by atoms with E-state index < -0.39 is 144 Å². The van der Waals surface area contributed by atoms with Gasteiger partial charge in [0, 0.05) is 6.42 Å². The van der Waals surface area contributed by atoms with Crippen molar-refractivity contribution in [3.05, 3.63) is 0 Å². The van der Waals surface area contributed by atoms with Gasteiger partial charge in [0.2, 0.25) is 5.79 Å². The van der Waals surface area contributed by atoms with Crippen LogP contribution in [0, 0.1) is 0 Å². The van der Waals surface area contributed by atoms with Gasteiger partial charge in [-0.25, -0.2) is 36.5 Å². The Kier molecular flexibility index (Phi) is 17.6. The molecule has 5 unspecified atom stereocenters. The minimum absolute atomic E-state index is 1.45. The topological polar surface area (TPSA) is 562 Å². The molecule has 0 aromatic rings. The minimum Gasteiger partial charge on any atom is -0.342 e. The summed E-state index contributed by atoms with van der Waals surface area (Å²) in [7, 11) is -48.0. The summed E-state index contributed by atoms with van der Waals surface area (Å²) in [6, 6.07) is 0. The summed E-state index contributed by atoms with van der Waals surface area (Å²) in [4.78, 5) is 152. The van der Waals surface area contributed by atoms with Gasteiger partial charge in [-0.15, -0.1) is 0 Å². The Morgan fingerprint density at radius 1 is 0.518 bits per heavy atom. The Hall–Kier alpha value is 0.760. The first kappa shape index (κ1) is 52.9. The summed E-state index contributed by atoms with van der Waals surface area (Å²) in [5.41, 5.74) is -3.35. The third-order valence-corrected chi connectivity index (χ3v) is 10.4. The van der Waals surface area contributed by atoms with Crippen LogP contribution in [0.1, 0.15) is 6.42 Å². The normalized spacial score (nSPS) is 30.5. The van der Waals surface area contributed by atoms with Gasteiger partial charge in [-0.05, 0) is 0 Å². The van der Waals surface area contributed by atoms with Crippen LogP contribution in [0.3, 0.4) is 0 Å². The molecule has 0 amide bonds. The van der Waals surface area contributed by atoms with Crippen molar-refractivity contribution >= 4 is 62.6 Å². The molecule has 2 fully saturated rings. The fraction of sp³-hybridized carbons (Fsp3) is 1.00. The van der Waals surface area contributed by atoms with E-state index in [1.165, 1.54) is 0 Å². The first-order valence-corrected chi connectivity index (χ1v) is 25.7. The van der Waals surface area contributed by atoms with Crippen LogP contribution >= 0.6 is 62.6 Å². The molecule has 0 bridgehead atoms. The van der Waals surface area contributed by atoms with E-state index in [4.69, 9.17) is 24.0 Å². The Balaban J connectivity index is 3.02. The number of phosphoric acid groups is 8. The highest BCUT2D eigenvalue weighted by molar-refractivity contribution is 7.48. The molecule has 334 valence electrons. The van der Waals surface area contributed by atoms with Gasteiger partial charge in [0.15, 0.2) is 12.4 Å². The smallest absolute Gasteiger partial charge is 0.342 e. The zero-order valence-corrected chi connectivity index (χ0v) is 33.6. The van der Waals surface area contributed by atoms with Gasteiger partial charge in [0.25, 0.3) is 0 Å². The van der Waals surface area contributed by atoms with E-state index in [2.05, 4.69) is 36.2 Å². The lowest BCUT2D eigenvalue weighted by Crippen LogP contribution is -2.65. The average molecular weight is 996 g/mol. The number of rotatable bonds is 22. The van der Waals surface area contributed by atoms with Crippen molar-refractivity contribution < 1.29 is 165 Å². The van der Waals surface area contributed by atoms with Gasteiger partial charge in [-0.1, -0.05) is 0 Å². The van der Waals surface area contributed by atoms with Crippen molar-refractivity contribution in [3.63, 3.8) is 0 Å². The van der Waals surface area contributed by atoms with Crippen molar-refractivity contribution in [2.75, 3.05) is 26.4 Å². The van der Waals surface area contributed by atoms with Crippen LogP contribution < -0.4 is 0 Å². The van der Waals surface area contributed by atoms with Gasteiger partial charge in [-0.3, -0.25) is 36.2 Å². The third-order valence-electron chi connectivity index (χ3n) is 6.29. The van der Waals surface area contributed by atoms with Crippen molar-refractivity contribution in [3.8, 4) is 0 Å². The van der Waals surface area contributed by atoms with Crippen LogP contribution in [-0.2, 0) is 86.9 Å². The van der Waals surface area contributed by atoms with Crippen molar-refractivity contribution in [1.82, 2.24) is 0 Å². The van der Waals surface area contributed by atoms with E-state index in [0.717, 1.165) is 0 Å². The van der Waals surface area contributed by atoms with Crippen molar-refractivity contribution in [1.29, 1.82) is 0 Å². The highest BCUT2D eigenvalue weighted by Gasteiger charge is 2.68. The fourth-order valence-electron chi connectivity index (χ4n) is 4.74. The number of ether oxygens (including phenoxy) is 3. The highest BCUT2D eigenvalue weighted by Crippen LogP contribution is 2.58. The number of hydrogen-bond acceptors (Lipinski definition) is 19. The summed E-state index contributed by atoms with van der Waals surface area (Å²) in [5, 5.41) is 0. The fourth-order valence-corrected chi connectivity index (χ4v) is 8.76. The molecule has 0 aliphatic carbocycles. The molecule has 16 N–H and O–H groups in total. The van der Waals surface area contributed by atoms with Crippen LogP contribution in [-0.4, -0.2) is 153 Å². The van der Waals surface area contributed by atoms with Gasteiger partial charge >= 0.3 is 62.6 Å². The molecule has 2 rings (SSSR count). The van der Waals surface area contributed by atoms with Gasteiger partial charge < -0.3 is 92.5 Å². The lowest BCUT2D eigenvalue weighted by atomic mass is 9.91. The second-order valence-electron chi connectivity index (χ2n) is 10.7. The maximum atomic E-state index is 12.2. The Morgan fingerprint density at radius 2 is 0.964 bits per heavy atom. The van der Waals surface area contributed by atoms with E-state index >= 15 is 0 Å². The Labute approximate surface area is 308 Å². The quantitative estimate of drug-likeness (QED) is 0.0459. The molecule has 0 aromatic carbocycles.